The van der Waals surface area contributed by atoms with Gasteiger partial charge in [0.1, 0.15) is 0 Å². The lowest BCUT2D eigenvalue weighted by Gasteiger charge is -2.13. The number of hydrogen-bond acceptors (Lipinski definition) is 2. The number of aryl methyl sites for hydroxylation is 1. The summed E-state index contributed by atoms with van der Waals surface area (Å²) < 4.78 is 2.13. The van der Waals surface area contributed by atoms with E-state index in [0.29, 0.717) is 0 Å². The van der Waals surface area contributed by atoms with Gasteiger partial charge in [0.2, 0.25) is 0 Å². The summed E-state index contributed by atoms with van der Waals surface area (Å²) in [6.45, 7) is 2.90. The zero-order chi connectivity index (χ0) is 13.9. The van der Waals surface area contributed by atoms with E-state index in [2.05, 4.69) is 46.8 Å². The van der Waals surface area contributed by atoms with Crippen molar-refractivity contribution in [2.45, 2.75) is 25.9 Å². The summed E-state index contributed by atoms with van der Waals surface area (Å²) >= 11 is 0. The van der Waals surface area contributed by atoms with Crippen molar-refractivity contribution < 1.29 is 0 Å². The van der Waals surface area contributed by atoms with E-state index in [1.54, 1.807) is 0 Å². The topological polar surface area (TPSA) is 43.8 Å². The quantitative estimate of drug-likeness (QED) is 0.788. The number of hydrogen-bond donors (Lipinski definition) is 1. The van der Waals surface area contributed by atoms with E-state index < -0.39 is 0 Å². The Labute approximate surface area is 119 Å². The Morgan fingerprint density at radius 2 is 2.00 bits per heavy atom. The van der Waals surface area contributed by atoms with Gasteiger partial charge in [-0.15, -0.1) is 0 Å². The van der Waals surface area contributed by atoms with Gasteiger partial charge in [-0.2, -0.15) is 0 Å². The van der Waals surface area contributed by atoms with Gasteiger partial charge in [0.05, 0.1) is 17.4 Å². The predicted octanol–water partition coefficient (Wildman–Crippen LogP) is 2.91. The molecule has 0 spiro atoms. The fourth-order valence-corrected chi connectivity index (χ4v) is 2.61. The van der Waals surface area contributed by atoms with Crippen molar-refractivity contribution in [3.63, 3.8) is 0 Å². The second kappa shape index (κ2) is 5.47. The Kier molecular flexibility index (Phi) is 3.52. The van der Waals surface area contributed by atoms with Gasteiger partial charge in [-0.25, -0.2) is 4.98 Å². The Morgan fingerprint density at radius 1 is 1.15 bits per heavy atom. The van der Waals surface area contributed by atoms with E-state index in [1.165, 1.54) is 11.1 Å². The molecule has 0 bridgehead atoms. The van der Waals surface area contributed by atoms with Crippen molar-refractivity contribution in [1.29, 1.82) is 0 Å². The molecule has 1 aromatic heterocycles. The Balaban J connectivity index is 1.74. The van der Waals surface area contributed by atoms with Crippen LogP contribution in [0.15, 0.2) is 54.9 Å². The average molecular weight is 265 g/mol. The number of fused-ring (bicyclic) bond motifs is 1. The number of nitrogens with two attached hydrogens (primary N) is 1. The minimum absolute atomic E-state index is 0.0920. The summed E-state index contributed by atoms with van der Waals surface area (Å²) in [5.74, 6) is 0. The van der Waals surface area contributed by atoms with E-state index in [1.807, 2.05) is 24.5 Å². The van der Waals surface area contributed by atoms with Crippen LogP contribution in [0.4, 0.5) is 0 Å². The van der Waals surface area contributed by atoms with E-state index in [0.717, 1.165) is 24.0 Å². The van der Waals surface area contributed by atoms with Crippen molar-refractivity contribution in [2.24, 2.45) is 5.73 Å². The number of para-hydroxylation sites is 2. The van der Waals surface area contributed by atoms with Gasteiger partial charge in [0, 0.05) is 12.6 Å². The summed E-state index contributed by atoms with van der Waals surface area (Å²) in [7, 11) is 0. The number of imidazole rings is 1. The summed E-state index contributed by atoms with van der Waals surface area (Å²) in [5.41, 5.74) is 11.0. The molecule has 3 heteroatoms. The Hall–Kier alpha value is -2.13. The van der Waals surface area contributed by atoms with Crippen LogP contribution >= 0.6 is 0 Å². The predicted molar refractivity (Wildman–Crippen MR) is 82.6 cm³/mol. The highest BCUT2D eigenvalue weighted by Gasteiger charge is 2.08. The highest BCUT2D eigenvalue weighted by molar-refractivity contribution is 5.74. The van der Waals surface area contributed by atoms with Gasteiger partial charge in [0.15, 0.2) is 0 Å². The summed E-state index contributed by atoms with van der Waals surface area (Å²) in [4.78, 5) is 4.40. The average Bonchev–Trinajstić information content (AvgIpc) is 2.82. The molecule has 1 unspecified atom stereocenters. The lowest BCUT2D eigenvalue weighted by molar-refractivity contribution is 0.559. The van der Waals surface area contributed by atoms with Crippen molar-refractivity contribution in [3.8, 4) is 0 Å². The van der Waals surface area contributed by atoms with Crippen LogP contribution in [0, 0.1) is 6.92 Å². The molecule has 1 heterocycles. The molecule has 2 aromatic carbocycles. The third-order valence-electron chi connectivity index (χ3n) is 3.54. The first kappa shape index (κ1) is 12.9. The molecule has 1 atom stereocenters. The third-order valence-corrected chi connectivity index (χ3v) is 3.54. The van der Waals surface area contributed by atoms with Crippen molar-refractivity contribution in [3.05, 3.63) is 66.0 Å². The standard InChI is InChI=1S/C17H19N3/c1-13-5-4-6-14(9-13)10-15(18)11-20-12-19-16-7-2-3-8-17(16)20/h2-9,12,15H,10-11,18H2,1H3. The first-order valence-electron chi connectivity index (χ1n) is 6.93. The maximum absolute atomic E-state index is 6.29. The molecule has 3 aromatic rings. The first-order chi connectivity index (χ1) is 9.72. The van der Waals surface area contributed by atoms with Crippen LogP contribution in [0.1, 0.15) is 11.1 Å². The van der Waals surface area contributed by atoms with Gasteiger partial charge in [0.25, 0.3) is 0 Å². The van der Waals surface area contributed by atoms with Crippen LogP contribution in [0.2, 0.25) is 0 Å². The minimum atomic E-state index is 0.0920. The van der Waals surface area contributed by atoms with Gasteiger partial charge >= 0.3 is 0 Å². The summed E-state index contributed by atoms with van der Waals surface area (Å²) in [6.07, 6.45) is 2.76. The second-order valence-electron chi connectivity index (χ2n) is 5.34. The second-order valence-corrected chi connectivity index (χ2v) is 5.34. The normalized spacial score (nSPS) is 12.7. The van der Waals surface area contributed by atoms with E-state index in [-0.39, 0.29) is 6.04 Å². The van der Waals surface area contributed by atoms with Crippen LogP contribution < -0.4 is 5.73 Å². The summed E-state index contributed by atoms with van der Waals surface area (Å²) in [6, 6.07) is 16.8. The molecule has 0 aliphatic rings. The molecular formula is C17H19N3. The van der Waals surface area contributed by atoms with Crippen molar-refractivity contribution >= 4 is 11.0 Å². The molecule has 0 radical (unpaired) electrons. The minimum Gasteiger partial charge on any atom is -0.329 e. The molecule has 0 amide bonds. The molecule has 2 N–H and O–H groups in total. The molecule has 0 aliphatic carbocycles. The molecule has 0 fully saturated rings. The SMILES string of the molecule is Cc1cccc(CC(N)Cn2cnc3ccccc32)c1. The van der Waals surface area contributed by atoms with Crippen molar-refractivity contribution in [1.82, 2.24) is 9.55 Å². The van der Waals surface area contributed by atoms with Gasteiger partial charge in [-0.3, -0.25) is 0 Å². The monoisotopic (exact) mass is 265 g/mol. The third kappa shape index (κ3) is 2.73. The van der Waals surface area contributed by atoms with Crippen LogP contribution in [0.3, 0.4) is 0 Å². The number of aromatic nitrogens is 2. The summed E-state index contributed by atoms with van der Waals surface area (Å²) in [5, 5.41) is 0. The largest absolute Gasteiger partial charge is 0.329 e. The van der Waals surface area contributed by atoms with Crippen LogP contribution in [-0.2, 0) is 13.0 Å². The molecule has 0 saturated heterocycles. The number of benzene rings is 2. The van der Waals surface area contributed by atoms with Crippen LogP contribution in [0.5, 0.6) is 0 Å². The smallest absolute Gasteiger partial charge is 0.0958 e. The van der Waals surface area contributed by atoms with Crippen molar-refractivity contribution in [2.75, 3.05) is 0 Å². The van der Waals surface area contributed by atoms with Gasteiger partial charge in [-0.05, 0) is 31.0 Å². The van der Waals surface area contributed by atoms with E-state index in [4.69, 9.17) is 5.73 Å². The lowest BCUT2D eigenvalue weighted by atomic mass is 10.0. The molecule has 20 heavy (non-hydrogen) atoms. The molecule has 0 saturated carbocycles. The van der Waals surface area contributed by atoms with Gasteiger partial charge in [-0.1, -0.05) is 42.0 Å². The van der Waals surface area contributed by atoms with Crippen LogP contribution in [-0.4, -0.2) is 15.6 Å². The maximum Gasteiger partial charge on any atom is 0.0958 e. The highest BCUT2D eigenvalue weighted by atomic mass is 15.1. The fourth-order valence-electron chi connectivity index (χ4n) is 2.61. The zero-order valence-electron chi connectivity index (χ0n) is 11.7. The lowest BCUT2D eigenvalue weighted by Crippen LogP contribution is -2.28. The van der Waals surface area contributed by atoms with Crippen LogP contribution in [0.25, 0.3) is 11.0 Å². The Morgan fingerprint density at radius 3 is 2.85 bits per heavy atom. The van der Waals surface area contributed by atoms with E-state index >= 15 is 0 Å². The Bertz CT molecular complexity index is 715. The zero-order valence-corrected chi connectivity index (χ0v) is 11.7. The van der Waals surface area contributed by atoms with Gasteiger partial charge < -0.3 is 10.3 Å². The molecule has 3 nitrogen and oxygen atoms in total. The fraction of sp³-hybridized carbons (Fsp3) is 0.235. The molecular weight excluding hydrogens is 246 g/mol. The number of nitrogens with zero attached hydrogens (tertiary/aromatic N) is 2. The van der Waals surface area contributed by atoms with E-state index in [9.17, 15) is 0 Å². The number of rotatable bonds is 4. The molecule has 102 valence electrons. The highest BCUT2D eigenvalue weighted by Crippen LogP contribution is 2.13. The molecule has 0 aliphatic heterocycles. The maximum atomic E-state index is 6.29. The first-order valence-corrected chi connectivity index (χ1v) is 6.93. The molecule has 3 rings (SSSR count).